The monoisotopic (exact) mass is 285 g/mol. The SMILES string of the molecule is CC(NC(=O)Nc1cc(Cl)ccc1C(=O)O)C(N)=O. The van der Waals surface area contributed by atoms with Crippen LogP contribution in [0.2, 0.25) is 5.02 Å². The van der Waals surface area contributed by atoms with Crippen LogP contribution in [0.15, 0.2) is 18.2 Å². The molecule has 0 aromatic heterocycles. The summed E-state index contributed by atoms with van der Waals surface area (Å²) in [7, 11) is 0. The fraction of sp³-hybridized carbons (Fsp3) is 0.182. The van der Waals surface area contributed by atoms with Crippen LogP contribution in [0, 0.1) is 0 Å². The molecule has 0 aliphatic carbocycles. The topological polar surface area (TPSA) is 122 Å². The molecule has 5 N–H and O–H groups in total. The number of halogens is 1. The molecule has 1 atom stereocenters. The van der Waals surface area contributed by atoms with Crippen molar-refractivity contribution in [3.63, 3.8) is 0 Å². The zero-order chi connectivity index (χ0) is 14.6. The van der Waals surface area contributed by atoms with Gasteiger partial charge in [-0.2, -0.15) is 0 Å². The minimum absolute atomic E-state index is 0.0224. The molecule has 7 nitrogen and oxygen atoms in total. The van der Waals surface area contributed by atoms with Gasteiger partial charge in [-0.15, -0.1) is 0 Å². The number of hydrogen-bond donors (Lipinski definition) is 4. The number of urea groups is 1. The Morgan fingerprint density at radius 1 is 1.37 bits per heavy atom. The minimum atomic E-state index is -1.21. The van der Waals surface area contributed by atoms with Gasteiger partial charge in [0.15, 0.2) is 0 Å². The van der Waals surface area contributed by atoms with Gasteiger partial charge in [-0.25, -0.2) is 9.59 Å². The van der Waals surface area contributed by atoms with E-state index in [1.165, 1.54) is 25.1 Å². The lowest BCUT2D eigenvalue weighted by molar-refractivity contribution is -0.119. The average Bonchev–Trinajstić information content (AvgIpc) is 2.27. The molecule has 0 saturated carbocycles. The standard InChI is InChI=1S/C11H12ClN3O4/c1-5(9(13)16)14-11(19)15-8-4-6(12)2-3-7(8)10(17)18/h2-5H,1H3,(H2,13,16)(H,17,18)(H2,14,15,19). The molecule has 3 amide bonds. The van der Waals surface area contributed by atoms with Gasteiger partial charge in [-0.1, -0.05) is 11.6 Å². The molecule has 1 aromatic rings. The van der Waals surface area contributed by atoms with Gasteiger partial charge in [-0.05, 0) is 25.1 Å². The first kappa shape index (κ1) is 14.8. The maximum absolute atomic E-state index is 11.5. The number of amides is 3. The summed E-state index contributed by atoms with van der Waals surface area (Å²) in [5.41, 5.74) is 4.89. The molecule has 0 bridgehead atoms. The third-order valence-electron chi connectivity index (χ3n) is 2.23. The second kappa shape index (κ2) is 6.05. The van der Waals surface area contributed by atoms with Gasteiger partial charge >= 0.3 is 12.0 Å². The van der Waals surface area contributed by atoms with Crippen molar-refractivity contribution < 1.29 is 19.5 Å². The molecule has 8 heteroatoms. The summed E-state index contributed by atoms with van der Waals surface area (Å²) >= 11 is 5.72. The third kappa shape index (κ3) is 4.14. The number of nitrogens with one attached hydrogen (secondary N) is 2. The normalized spacial score (nSPS) is 11.5. The van der Waals surface area contributed by atoms with E-state index in [-0.39, 0.29) is 16.3 Å². The van der Waals surface area contributed by atoms with Crippen LogP contribution in [-0.2, 0) is 4.79 Å². The Kier molecular flexibility index (Phi) is 4.71. The van der Waals surface area contributed by atoms with Crippen molar-refractivity contribution >= 4 is 35.2 Å². The number of anilines is 1. The molecule has 0 aliphatic rings. The van der Waals surface area contributed by atoms with E-state index in [0.29, 0.717) is 0 Å². The first-order valence-electron chi connectivity index (χ1n) is 5.21. The zero-order valence-corrected chi connectivity index (χ0v) is 10.7. The van der Waals surface area contributed by atoms with Crippen LogP contribution in [0.4, 0.5) is 10.5 Å². The van der Waals surface area contributed by atoms with Crippen LogP contribution in [-0.4, -0.2) is 29.1 Å². The first-order chi connectivity index (χ1) is 8.81. The van der Waals surface area contributed by atoms with E-state index >= 15 is 0 Å². The fourth-order valence-corrected chi connectivity index (χ4v) is 1.40. The Labute approximate surface area is 113 Å². The Morgan fingerprint density at radius 3 is 2.53 bits per heavy atom. The molecule has 0 radical (unpaired) electrons. The molecule has 0 spiro atoms. The van der Waals surface area contributed by atoms with Gasteiger partial charge in [0.25, 0.3) is 0 Å². The maximum atomic E-state index is 11.5. The van der Waals surface area contributed by atoms with Crippen molar-refractivity contribution in [2.75, 3.05) is 5.32 Å². The maximum Gasteiger partial charge on any atom is 0.337 e. The van der Waals surface area contributed by atoms with E-state index in [2.05, 4.69) is 10.6 Å². The van der Waals surface area contributed by atoms with Gasteiger partial charge in [-0.3, -0.25) is 4.79 Å². The number of primary amides is 1. The fourth-order valence-electron chi connectivity index (χ4n) is 1.23. The summed E-state index contributed by atoms with van der Waals surface area (Å²) in [6.45, 7) is 1.40. The number of carbonyl (C=O) groups is 3. The molecule has 1 rings (SSSR count). The largest absolute Gasteiger partial charge is 0.478 e. The summed E-state index contributed by atoms with van der Waals surface area (Å²) in [6.07, 6.45) is 0. The summed E-state index contributed by atoms with van der Waals surface area (Å²) in [6, 6.07) is 2.31. The predicted molar refractivity (Wildman–Crippen MR) is 69.2 cm³/mol. The highest BCUT2D eigenvalue weighted by Gasteiger charge is 2.16. The third-order valence-corrected chi connectivity index (χ3v) is 2.47. The van der Waals surface area contributed by atoms with E-state index in [4.69, 9.17) is 22.4 Å². The molecular formula is C11H12ClN3O4. The molecule has 0 aliphatic heterocycles. The molecule has 0 fully saturated rings. The van der Waals surface area contributed by atoms with Crippen molar-refractivity contribution in [2.24, 2.45) is 5.73 Å². The lowest BCUT2D eigenvalue weighted by Crippen LogP contribution is -2.44. The van der Waals surface area contributed by atoms with Crippen LogP contribution in [0.5, 0.6) is 0 Å². The Hall–Kier alpha value is -2.28. The van der Waals surface area contributed by atoms with Crippen LogP contribution in [0.25, 0.3) is 0 Å². The van der Waals surface area contributed by atoms with E-state index in [1.54, 1.807) is 0 Å². The number of rotatable bonds is 4. The predicted octanol–water partition coefficient (Wildman–Crippen LogP) is 1.03. The lowest BCUT2D eigenvalue weighted by Gasteiger charge is -2.13. The number of nitrogens with two attached hydrogens (primary N) is 1. The summed E-state index contributed by atoms with van der Waals surface area (Å²) in [5, 5.41) is 13.8. The quantitative estimate of drug-likeness (QED) is 0.660. The molecule has 19 heavy (non-hydrogen) atoms. The molecule has 0 saturated heterocycles. The highest BCUT2D eigenvalue weighted by Crippen LogP contribution is 2.21. The zero-order valence-electron chi connectivity index (χ0n) is 9.94. The number of aromatic carboxylic acids is 1. The Morgan fingerprint density at radius 2 is 2.00 bits per heavy atom. The van der Waals surface area contributed by atoms with E-state index in [9.17, 15) is 14.4 Å². The van der Waals surface area contributed by atoms with Crippen LogP contribution >= 0.6 is 11.6 Å². The lowest BCUT2D eigenvalue weighted by atomic mass is 10.2. The van der Waals surface area contributed by atoms with Crippen molar-refractivity contribution in [3.05, 3.63) is 28.8 Å². The summed E-state index contributed by atoms with van der Waals surface area (Å²) < 4.78 is 0. The molecule has 102 valence electrons. The average molecular weight is 286 g/mol. The highest BCUT2D eigenvalue weighted by atomic mass is 35.5. The van der Waals surface area contributed by atoms with Crippen molar-refractivity contribution in [3.8, 4) is 0 Å². The molecule has 0 heterocycles. The van der Waals surface area contributed by atoms with E-state index < -0.39 is 23.9 Å². The van der Waals surface area contributed by atoms with Gasteiger partial charge in [0.1, 0.15) is 6.04 Å². The number of hydrogen-bond acceptors (Lipinski definition) is 3. The van der Waals surface area contributed by atoms with Crippen molar-refractivity contribution in [1.82, 2.24) is 5.32 Å². The van der Waals surface area contributed by atoms with Gasteiger partial charge in [0.2, 0.25) is 5.91 Å². The van der Waals surface area contributed by atoms with Gasteiger partial charge in [0, 0.05) is 5.02 Å². The number of benzene rings is 1. The number of carboxylic acid groups (broad SMARTS) is 1. The Balaban J connectivity index is 2.87. The van der Waals surface area contributed by atoms with Crippen molar-refractivity contribution in [1.29, 1.82) is 0 Å². The van der Waals surface area contributed by atoms with E-state index in [1.807, 2.05) is 0 Å². The molecule has 1 aromatic carbocycles. The molecule has 1 unspecified atom stereocenters. The van der Waals surface area contributed by atoms with Crippen LogP contribution < -0.4 is 16.4 Å². The van der Waals surface area contributed by atoms with Crippen molar-refractivity contribution in [2.45, 2.75) is 13.0 Å². The van der Waals surface area contributed by atoms with Gasteiger partial charge in [0.05, 0.1) is 11.3 Å². The molecular weight excluding hydrogens is 274 g/mol. The summed E-state index contributed by atoms with van der Waals surface area (Å²) in [5.74, 6) is -1.92. The van der Waals surface area contributed by atoms with Crippen LogP contribution in [0.3, 0.4) is 0 Å². The number of carbonyl (C=O) groups excluding carboxylic acids is 2. The number of carboxylic acids is 1. The minimum Gasteiger partial charge on any atom is -0.478 e. The Bertz CT molecular complexity index is 533. The highest BCUT2D eigenvalue weighted by molar-refractivity contribution is 6.31. The smallest absolute Gasteiger partial charge is 0.337 e. The first-order valence-corrected chi connectivity index (χ1v) is 5.58. The second-order valence-electron chi connectivity index (χ2n) is 3.72. The van der Waals surface area contributed by atoms with E-state index in [0.717, 1.165) is 0 Å². The second-order valence-corrected chi connectivity index (χ2v) is 4.15. The van der Waals surface area contributed by atoms with Gasteiger partial charge < -0.3 is 21.5 Å². The summed E-state index contributed by atoms with van der Waals surface area (Å²) in [4.78, 5) is 33.3. The van der Waals surface area contributed by atoms with Crippen LogP contribution in [0.1, 0.15) is 17.3 Å².